The standard InChI is InChI=1S/C27H34N2O2S/c1-31-25-15-19-32-26(25)21-12-16-28(17-13-21)18-14-24(20-6-3-2-4-7-20)27(30)29-22-8-5-9-23(29)11-10-22/h2-4,6-7,12,15,19,22-24H,5,8-11,13-14,16-18H2,1H3/t22?,23?,24-/m1/s1. The van der Waals surface area contributed by atoms with Crippen LogP contribution in [0.1, 0.15) is 61.3 Å². The Morgan fingerprint density at radius 3 is 2.59 bits per heavy atom. The molecule has 1 amide bonds. The highest BCUT2D eigenvalue weighted by Gasteiger charge is 2.41. The molecule has 4 heterocycles. The van der Waals surface area contributed by atoms with Crippen molar-refractivity contribution in [2.24, 2.45) is 0 Å². The van der Waals surface area contributed by atoms with E-state index in [4.69, 9.17) is 4.74 Å². The molecule has 3 aliphatic rings. The number of carbonyl (C=O) groups is 1. The third-order valence-electron chi connectivity index (χ3n) is 7.62. The van der Waals surface area contributed by atoms with E-state index >= 15 is 0 Å². The highest BCUT2D eigenvalue weighted by molar-refractivity contribution is 7.11. The molecule has 3 aliphatic heterocycles. The van der Waals surface area contributed by atoms with Gasteiger partial charge in [0.25, 0.3) is 0 Å². The zero-order valence-electron chi connectivity index (χ0n) is 19.0. The van der Waals surface area contributed by atoms with Crippen LogP contribution in [0, 0.1) is 0 Å². The van der Waals surface area contributed by atoms with Crippen molar-refractivity contribution in [2.45, 2.75) is 62.9 Å². The van der Waals surface area contributed by atoms with Crippen molar-refractivity contribution in [1.82, 2.24) is 9.80 Å². The number of thiophene rings is 1. The SMILES string of the molecule is COc1ccsc1C1=CCN(CC[C@@H](C(=O)N2C3CCCC2CC3)c2ccccc2)CC1. The Kier molecular flexibility index (Phi) is 6.65. The molecule has 0 aliphatic carbocycles. The maximum Gasteiger partial charge on any atom is 0.230 e. The quantitative estimate of drug-likeness (QED) is 0.553. The summed E-state index contributed by atoms with van der Waals surface area (Å²) in [6.45, 7) is 2.94. The minimum Gasteiger partial charge on any atom is -0.495 e. The molecule has 5 rings (SSSR count). The van der Waals surface area contributed by atoms with Gasteiger partial charge in [0, 0.05) is 25.2 Å². The van der Waals surface area contributed by atoms with E-state index in [0.29, 0.717) is 18.0 Å². The van der Waals surface area contributed by atoms with Crippen LogP contribution in [-0.2, 0) is 4.79 Å². The highest BCUT2D eigenvalue weighted by Crippen LogP contribution is 2.39. The van der Waals surface area contributed by atoms with Crippen LogP contribution in [0.15, 0.2) is 47.9 Å². The molecule has 3 atom stereocenters. The number of ether oxygens (including phenoxy) is 1. The molecule has 1 aromatic heterocycles. The van der Waals surface area contributed by atoms with Gasteiger partial charge in [-0.1, -0.05) is 36.4 Å². The molecule has 2 bridgehead atoms. The zero-order chi connectivity index (χ0) is 21.9. The molecule has 170 valence electrons. The minimum atomic E-state index is -0.0276. The van der Waals surface area contributed by atoms with Gasteiger partial charge in [-0.2, -0.15) is 0 Å². The van der Waals surface area contributed by atoms with Crippen LogP contribution in [0.2, 0.25) is 0 Å². The Bertz CT molecular complexity index is 938. The number of nitrogens with zero attached hydrogens (tertiary/aromatic N) is 2. The van der Waals surface area contributed by atoms with Crippen molar-refractivity contribution < 1.29 is 9.53 Å². The maximum atomic E-state index is 13.8. The van der Waals surface area contributed by atoms with E-state index in [1.54, 1.807) is 18.4 Å². The summed E-state index contributed by atoms with van der Waals surface area (Å²) in [5, 5.41) is 2.10. The van der Waals surface area contributed by atoms with Gasteiger partial charge in [0.2, 0.25) is 5.91 Å². The molecule has 0 radical (unpaired) electrons. The number of fused-ring (bicyclic) bond motifs is 2. The predicted octanol–water partition coefficient (Wildman–Crippen LogP) is 5.56. The fourth-order valence-corrected chi connectivity index (χ4v) is 6.83. The average Bonchev–Trinajstić information content (AvgIpc) is 3.41. The van der Waals surface area contributed by atoms with Crippen LogP contribution in [0.25, 0.3) is 5.57 Å². The van der Waals surface area contributed by atoms with Crippen molar-refractivity contribution in [2.75, 3.05) is 26.7 Å². The summed E-state index contributed by atoms with van der Waals surface area (Å²) in [4.78, 5) is 19.8. The number of hydrogen-bond donors (Lipinski definition) is 0. The molecule has 2 saturated heterocycles. The van der Waals surface area contributed by atoms with Crippen LogP contribution < -0.4 is 4.74 Å². The van der Waals surface area contributed by atoms with Crippen LogP contribution in [0.3, 0.4) is 0 Å². The largest absolute Gasteiger partial charge is 0.495 e. The van der Waals surface area contributed by atoms with Gasteiger partial charge in [-0.25, -0.2) is 0 Å². The second-order valence-corrected chi connectivity index (χ2v) is 10.3. The first-order valence-electron chi connectivity index (χ1n) is 12.1. The molecule has 5 heteroatoms. The second kappa shape index (κ2) is 9.80. The molecule has 2 fully saturated rings. The first-order valence-corrected chi connectivity index (χ1v) is 13.0. The van der Waals surface area contributed by atoms with E-state index in [1.807, 2.05) is 6.07 Å². The topological polar surface area (TPSA) is 32.8 Å². The first kappa shape index (κ1) is 21.7. The lowest BCUT2D eigenvalue weighted by atomic mass is 9.91. The van der Waals surface area contributed by atoms with Gasteiger partial charge in [-0.15, -0.1) is 11.3 Å². The number of benzene rings is 1. The Balaban J connectivity index is 1.26. The molecule has 0 spiro atoms. The number of piperidine rings is 1. The van der Waals surface area contributed by atoms with Crippen LogP contribution in [0.4, 0.5) is 0 Å². The number of rotatable bonds is 7. The van der Waals surface area contributed by atoms with E-state index < -0.39 is 0 Å². The lowest BCUT2D eigenvalue weighted by Crippen LogP contribution is -2.46. The number of methoxy groups -OCH3 is 1. The van der Waals surface area contributed by atoms with Crippen LogP contribution in [0.5, 0.6) is 5.75 Å². The van der Waals surface area contributed by atoms with Gasteiger partial charge in [-0.3, -0.25) is 9.69 Å². The van der Waals surface area contributed by atoms with Gasteiger partial charge in [0.1, 0.15) is 5.75 Å². The normalized spacial score (nSPS) is 24.3. The van der Waals surface area contributed by atoms with E-state index in [1.165, 1.54) is 48.1 Å². The van der Waals surface area contributed by atoms with Crippen molar-refractivity contribution in [3.63, 3.8) is 0 Å². The van der Waals surface area contributed by atoms with Crippen LogP contribution >= 0.6 is 11.3 Å². The summed E-state index contributed by atoms with van der Waals surface area (Å²) < 4.78 is 5.51. The predicted molar refractivity (Wildman–Crippen MR) is 131 cm³/mol. The fraction of sp³-hybridized carbons (Fsp3) is 0.519. The number of carbonyl (C=O) groups excluding carboxylic acids is 1. The molecular formula is C27H34N2O2S. The Hall–Kier alpha value is -2.11. The Morgan fingerprint density at radius 1 is 1.12 bits per heavy atom. The molecular weight excluding hydrogens is 416 g/mol. The summed E-state index contributed by atoms with van der Waals surface area (Å²) in [6.07, 6.45) is 10.3. The average molecular weight is 451 g/mol. The van der Waals surface area contributed by atoms with Crippen molar-refractivity contribution in [3.8, 4) is 5.75 Å². The summed E-state index contributed by atoms with van der Waals surface area (Å²) >= 11 is 1.76. The van der Waals surface area contributed by atoms with E-state index in [0.717, 1.165) is 38.2 Å². The lowest BCUT2D eigenvalue weighted by Gasteiger charge is -2.38. The molecule has 2 unspecified atom stereocenters. The Labute approximate surface area is 195 Å². The summed E-state index contributed by atoms with van der Waals surface area (Å²) in [5.74, 6) is 1.33. The van der Waals surface area contributed by atoms with Gasteiger partial charge in [0.05, 0.1) is 17.9 Å². The maximum absolute atomic E-state index is 13.8. The van der Waals surface area contributed by atoms with Crippen LogP contribution in [-0.4, -0.2) is 54.5 Å². The molecule has 4 nitrogen and oxygen atoms in total. The molecule has 32 heavy (non-hydrogen) atoms. The Morgan fingerprint density at radius 2 is 1.91 bits per heavy atom. The van der Waals surface area contributed by atoms with Gasteiger partial charge in [-0.05, 0) is 74.1 Å². The smallest absolute Gasteiger partial charge is 0.230 e. The molecule has 2 aromatic rings. The summed E-state index contributed by atoms with van der Waals surface area (Å²) in [6, 6.07) is 13.5. The van der Waals surface area contributed by atoms with Gasteiger partial charge in [0.15, 0.2) is 0 Å². The monoisotopic (exact) mass is 450 g/mol. The van der Waals surface area contributed by atoms with Gasteiger partial charge >= 0.3 is 0 Å². The third-order valence-corrected chi connectivity index (χ3v) is 8.59. The minimum absolute atomic E-state index is 0.0276. The zero-order valence-corrected chi connectivity index (χ0v) is 19.9. The molecule has 0 saturated carbocycles. The summed E-state index contributed by atoms with van der Waals surface area (Å²) in [7, 11) is 1.75. The fourth-order valence-electron chi connectivity index (χ4n) is 5.90. The number of hydrogen-bond acceptors (Lipinski definition) is 4. The first-order chi connectivity index (χ1) is 15.7. The summed E-state index contributed by atoms with van der Waals surface area (Å²) in [5.41, 5.74) is 2.58. The lowest BCUT2D eigenvalue weighted by molar-refractivity contribution is -0.137. The van der Waals surface area contributed by atoms with Crippen molar-refractivity contribution in [3.05, 3.63) is 58.3 Å². The third kappa shape index (κ3) is 4.38. The van der Waals surface area contributed by atoms with Gasteiger partial charge < -0.3 is 9.64 Å². The van der Waals surface area contributed by atoms with Crippen molar-refractivity contribution >= 4 is 22.8 Å². The highest BCUT2D eigenvalue weighted by atomic mass is 32.1. The number of amides is 1. The second-order valence-electron chi connectivity index (χ2n) is 9.41. The molecule has 1 aromatic carbocycles. The molecule has 0 N–H and O–H groups in total. The van der Waals surface area contributed by atoms with E-state index in [-0.39, 0.29) is 5.92 Å². The van der Waals surface area contributed by atoms with Crippen molar-refractivity contribution in [1.29, 1.82) is 0 Å². The van der Waals surface area contributed by atoms with E-state index in [2.05, 4.69) is 51.6 Å². The van der Waals surface area contributed by atoms with E-state index in [9.17, 15) is 4.79 Å².